The van der Waals surface area contributed by atoms with Crippen LogP contribution in [0, 0.1) is 5.82 Å². The summed E-state index contributed by atoms with van der Waals surface area (Å²) in [6, 6.07) is 11.4. The largest absolute Gasteiger partial charge is 0.491 e. The first kappa shape index (κ1) is 15.6. The molecule has 0 spiro atoms. The molecule has 122 valence electrons. The van der Waals surface area contributed by atoms with E-state index in [0.29, 0.717) is 18.8 Å². The molecule has 1 aliphatic heterocycles. The molecule has 0 aliphatic carbocycles. The van der Waals surface area contributed by atoms with Crippen molar-refractivity contribution in [2.24, 2.45) is 0 Å². The van der Waals surface area contributed by atoms with Crippen LogP contribution in [0.25, 0.3) is 0 Å². The minimum atomic E-state index is -0.658. The molecular formula is C17H18FNO4. The Balaban J connectivity index is 1.39. The van der Waals surface area contributed by atoms with Crippen molar-refractivity contribution < 1.29 is 23.7 Å². The van der Waals surface area contributed by atoms with E-state index in [1.54, 1.807) is 0 Å². The van der Waals surface area contributed by atoms with E-state index in [-0.39, 0.29) is 19.2 Å². The molecular weight excluding hydrogens is 301 g/mol. The summed E-state index contributed by atoms with van der Waals surface area (Å²) in [6.45, 7) is 1.38. The van der Waals surface area contributed by atoms with Crippen LogP contribution in [0.2, 0.25) is 0 Å². The number of fused-ring (bicyclic) bond motifs is 1. The molecule has 2 N–H and O–H groups in total. The average Bonchev–Trinajstić information content (AvgIpc) is 3.02. The number of hydrogen-bond acceptors (Lipinski definition) is 5. The van der Waals surface area contributed by atoms with E-state index in [1.165, 1.54) is 24.3 Å². The van der Waals surface area contributed by atoms with Gasteiger partial charge in [-0.15, -0.1) is 0 Å². The average molecular weight is 319 g/mol. The standard InChI is InChI=1S/C17H18FNO4/c18-13-2-4-15(5-3-13)21-10-14(20)9-19-8-12-1-6-16-17(7-12)23-11-22-16/h1-7,14,19-20H,8-11H2/t14-/m0/s1. The van der Waals surface area contributed by atoms with Crippen molar-refractivity contribution in [3.8, 4) is 17.2 Å². The van der Waals surface area contributed by atoms with Gasteiger partial charge in [-0.05, 0) is 42.0 Å². The molecule has 0 unspecified atom stereocenters. The van der Waals surface area contributed by atoms with Gasteiger partial charge in [-0.3, -0.25) is 0 Å². The molecule has 0 aromatic heterocycles. The lowest BCUT2D eigenvalue weighted by molar-refractivity contribution is 0.106. The topological polar surface area (TPSA) is 60.0 Å². The Morgan fingerprint density at radius 1 is 1.13 bits per heavy atom. The van der Waals surface area contributed by atoms with Gasteiger partial charge in [-0.25, -0.2) is 4.39 Å². The quantitative estimate of drug-likeness (QED) is 0.818. The van der Waals surface area contributed by atoms with Gasteiger partial charge < -0.3 is 24.6 Å². The number of halogens is 1. The van der Waals surface area contributed by atoms with Crippen LogP contribution in [0.15, 0.2) is 42.5 Å². The van der Waals surface area contributed by atoms with Crippen molar-refractivity contribution >= 4 is 0 Å². The minimum Gasteiger partial charge on any atom is -0.491 e. The van der Waals surface area contributed by atoms with E-state index < -0.39 is 6.10 Å². The highest BCUT2D eigenvalue weighted by Gasteiger charge is 2.13. The summed E-state index contributed by atoms with van der Waals surface area (Å²) in [5.74, 6) is 1.70. The van der Waals surface area contributed by atoms with E-state index in [9.17, 15) is 9.50 Å². The predicted octanol–water partition coefficient (Wildman–Crippen LogP) is 2.08. The molecule has 2 aromatic carbocycles. The van der Waals surface area contributed by atoms with Gasteiger partial charge in [-0.1, -0.05) is 6.07 Å². The molecule has 0 saturated carbocycles. The van der Waals surface area contributed by atoms with Gasteiger partial charge >= 0.3 is 0 Å². The third kappa shape index (κ3) is 4.34. The van der Waals surface area contributed by atoms with Gasteiger partial charge in [0.05, 0.1) is 0 Å². The Bertz CT molecular complexity index is 648. The number of benzene rings is 2. The Hall–Kier alpha value is -2.31. The van der Waals surface area contributed by atoms with Crippen LogP contribution < -0.4 is 19.5 Å². The third-order valence-electron chi connectivity index (χ3n) is 3.40. The van der Waals surface area contributed by atoms with Crippen molar-refractivity contribution in [3.63, 3.8) is 0 Å². The summed E-state index contributed by atoms with van der Waals surface area (Å²) >= 11 is 0. The molecule has 6 heteroatoms. The van der Waals surface area contributed by atoms with Gasteiger partial charge in [0.25, 0.3) is 0 Å². The fourth-order valence-corrected chi connectivity index (χ4v) is 2.22. The molecule has 0 bridgehead atoms. The molecule has 0 fully saturated rings. The van der Waals surface area contributed by atoms with Gasteiger partial charge in [0.2, 0.25) is 6.79 Å². The van der Waals surface area contributed by atoms with E-state index >= 15 is 0 Å². The Labute approximate surface area is 133 Å². The molecule has 0 amide bonds. The summed E-state index contributed by atoms with van der Waals surface area (Å²) in [4.78, 5) is 0. The number of rotatable bonds is 7. The summed E-state index contributed by atoms with van der Waals surface area (Å²) < 4.78 is 28.7. The van der Waals surface area contributed by atoms with E-state index in [0.717, 1.165) is 17.1 Å². The molecule has 3 rings (SSSR count). The van der Waals surface area contributed by atoms with Crippen LogP contribution in [-0.2, 0) is 6.54 Å². The second-order valence-corrected chi connectivity index (χ2v) is 5.24. The van der Waals surface area contributed by atoms with E-state index in [2.05, 4.69) is 5.32 Å². The molecule has 1 atom stereocenters. The monoisotopic (exact) mass is 319 g/mol. The Morgan fingerprint density at radius 3 is 2.74 bits per heavy atom. The van der Waals surface area contributed by atoms with Gasteiger partial charge in [0, 0.05) is 13.1 Å². The molecule has 23 heavy (non-hydrogen) atoms. The molecule has 5 nitrogen and oxygen atoms in total. The smallest absolute Gasteiger partial charge is 0.231 e. The van der Waals surface area contributed by atoms with Crippen molar-refractivity contribution in [2.45, 2.75) is 12.6 Å². The number of ether oxygens (including phenoxy) is 3. The molecule has 1 heterocycles. The molecule has 0 saturated heterocycles. The van der Waals surface area contributed by atoms with Crippen LogP contribution in [0.1, 0.15) is 5.56 Å². The zero-order chi connectivity index (χ0) is 16.1. The van der Waals surface area contributed by atoms with Gasteiger partial charge in [0.1, 0.15) is 24.3 Å². The maximum Gasteiger partial charge on any atom is 0.231 e. The summed E-state index contributed by atoms with van der Waals surface area (Å²) in [5, 5.41) is 13.0. The lowest BCUT2D eigenvalue weighted by atomic mass is 10.2. The van der Waals surface area contributed by atoms with E-state index in [1.807, 2.05) is 18.2 Å². The second kappa shape index (κ2) is 7.30. The number of nitrogens with one attached hydrogen (secondary N) is 1. The van der Waals surface area contributed by atoms with Crippen LogP contribution in [-0.4, -0.2) is 31.2 Å². The van der Waals surface area contributed by atoms with Crippen molar-refractivity contribution in [2.75, 3.05) is 19.9 Å². The fraction of sp³-hybridized carbons (Fsp3) is 0.294. The molecule has 0 radical (unpaired) electrons. The highest BCUT2D eigenvalue weighted by atomic mass is 19.1. The normalized spacial score (nSPS) is 13.8. The van der Waals surface area contributed by atoms with Crippen LogP contribution in [0.4, 0.5) is 4.39 Å². The van der Waals surface area contributed by atoms with Gasteiger partial charge in [0.15, 0.2) is 11.5 Å². The number of aliphatic hydroxyl groups excluding tert-OH is 1. The van der Waals surface area contributed by atoms with Crippen molar-refractivity contribution in [3.05, 3.63) is 53.8 Å². The Kier molecular flexibility index (Phi) is 4.95. The van der Waals surface area contributed by atoms with Crippen LogP contribution >= 0.6 is 0 Å². The van der Waals surface area contributed by atoms with Gasteiger partial charge in [-0.2, -0.15) is 0 Å². The molecule has 1 aliphatic rings. The maximum atomic E-state index is 12.8. The summed E-state index contributed by atoms with van der Waals surface area (Å²) in [5.41, 5.74) is 1.04. The first-order valence-corrected chi connectivity index (χ1v) is 7.36. The zero-order valence-corrected chi connectivity index (χ0v) is 12.5. The van der Waals surface area contributed by atoms with Crippen molar-refractivity contribution in [1.29, 1.82) is 0 Å². The number of aliphatic hydroxyl groups is 1. The lowest BCUT2D eigenvalue weighted by Crippen LogP contribution is -2.31. The Morgan fingerprint density at radius 2 is 1.91 bits per heavy atom. The minimum absolute atomic E-state index is 0.139. The lowest BCUT2D eigenvalue weighted by Gasteiger charge is -2.13. The predicted molar refractivity (Wildman–Crippen MR) is 82.2 cm³/mol. The highest BCUT2D eigenvalue weighted by molar-refractivity contribution is 5.44. The fourth-order valence-electron chi connectivity index (χ4n) is 2.22. The third-order valence-corrected chi connectivity index (χ3v) is 3.40. The molecule has 2 aromatic rings. The SMILES string of the molecule is O[C@@H](CNCc1ccc2c(c1)OCO2)COc1ccc(F)cc1. The van der Waals surface area contributed by atoms with Crippen molar-refractivity contribution in [1.82, 2.24) is 5.32 Å². The van der Waals surface area contributed by atoms with Crippen LogP contribution in [0.5, 0.6) is 17.2 Å². The van der Waals surface area contributed by atoms with Crippen LogP contribution in [0.3, 0.4) is 0 Å². The summed E-state index contributed by atoms with van der Waals surface area (Å²) in [6.07, 6.45) is -0.658. The van der Waals surface area contributed by atoms with E-state index in [4.69, 9.17) is 14.2 Å². The first-order chi connectivity index (χ1) is 11.2. The second-order valence-electron chi connectivity index (χ2n) is 5.24. The zero-order valence-electron chi connectivity index (χ0n) is 12.5. The highest BCUT2D eigenvalue weighted by Crippen LogP contribution is 2.32. The maximum absolute atomic E-state index is 12.8. The summed E-state index contributed by atoms with van der Waals surface area (Å²) in [7, 11) is 0. The first-order valence-electron chi connectivity index (χ1n) is 7.36. The number of hydrogen-bond donors (Lipinski definition) is 2.